The van der Waals surface area contributed by atoms with Gasteiger partial charge in [0.2, 0.25) is 0 Å². The Morgan fingerprint density at radius 1 is 1.32 bits per heavy atom. The van der Waals surface area contributed by atoms with E-state index in [1.807, 2.05) is 25.7 Å². The molecule has 112 valence electrons. The van der Waals surface area contributed by atoms with Crippen molar-refractivity contribution in [3.8, 4) is 0 Å². The summed E-state index contributed by atoms with van der Waals surface area (Å²) in [4.78, 5) is 16.2. The molecule has 0 spiro atoms. The smallest absolute Gasteiger partial charge is 0.410 e. The molecular weight excluding hydrogens is 244 g/mol. The Bertz CT molecular complexity index is 289. The maximum Gasteiger partial charge on any atom is 0.410 e. The van der Waals surface area contributed by atoms with Crippen molar-refractivity contribution in [1.29, 1.82) is 0 Å². The highest BCUT2D eigenvalue weighted by molar-refractivity contribution is 5.68. The average Bonchev–Trinajstić information content (AvgIpc) is 2.27. The lowest BCUT2D eigenvalue weighted by Crippen LogP contribution is -2.55. The van der Waals surface area contributed by atoms with Gasteiger partial charge in [-0.15, -0.1) is 0 Å². The number of hydrogen-bond acceptors (Lipinski definition) is 4. The standard InChI is InChI=1S/C14H28N2O3/c1-12-11-15(7-5-6-10-17)8-9-16(12)13(18)19-14(2,3)4/h12,17H,5-11H2,1-4H3. The Balaban J connectivity index is 2.39. The van der Waals surface area contributed by atoms with Crippen molar-refractivity contribution in [2.24, 2.45) is 0 Å². The van der Waals surface area contributed by atoms with Crippen LogP contribution in [0.3, 0.4) is 0 Å². The highest BCUT2D eigenvalue weighted by Crippen LogP contribution is 2.15. The average molecular weight is 272 g/mol. The number of carbonyl (C=O) groups excluding carboxylic acids is 1. The van der Waals surface area contributed by atoms with E-state index in [1.165, 1.54) is 0 Å². The first-order valence-electron chi connectivity index (χ1n) is 7.16. The molecule has 5 heteroatoms. The van der Waals surface area contributed by atoms with Crippen molar-refractivity contribution in [3.63, 3.8) is 0 Å². The van der Waals surface area contributed by atoms with Gasteiger partial charge in [0.25, 0.3) is 0 Å². The van der Waals surface area contributed by atoms with Gasteiger partial charge in [0.05, 0.1) is 0 Å². The zero-order chi connectivity index (χ0) is 14.5. The lowest BCUT2D eigenvalue weighted by molar-refractivity contribution is 0.00128. The summed E-state index contributed by atoms with van der Waals surface area (Å²) in [6, 6.07) is 0.178. The van der Waals surface area contributed by atoms with Crippen LogP contribution in [0, 0.1) is 0 Å². The summed E-state index contributed by atoms with van der Waals surface area (Å²) >= 11 is 0. The molecule has 0 aliphatic carbocycles. The van der Waals surface area contributed by atoms with Crippen LogP contribution < -0.4 is 0 Å². The van der Waals surface area contributed by atoms with E-state index in [-0.39, 0.29) is 18.7 Å². The van der Waals surface area contributed by atoms with Gasteiger partial charge in [0.1, 0.15) is 5.60 Å². The molecule has 1 unspecified atom stereocenters. The van der Waals surface area contributed by atoms with E-state index in [2.05, 4.69) is 11.8 Å². The van der Waals surface area contributed by atoms with E-state index in [0.29, 0.717) is 0 Å². The molecule has 0 saturated carbocycles. The molecule has 1 rings (SSSR count). The molecule has 0 aromatic rings. The van der Waals surface area contributed by atoms with Crippen LogP contribution >= 0.6 is 0 Å². The molecule has 1 fully saturated rings. The van der Waals surface area contributed by atoms with Crippen molar-refractivity contribution in [2.75, 3.05) is 32.8 Å². The third-order valence-electron chi connectivity index (χ3n) is 3.22. The summed E-state index contributed by atoms with van der Waals surface area (Å²) in [7, 11) is 0. The summed E-state index contributed by atoms with van der Waals surface area (Å²) in [6.07, 6.45) is 1.64. The number of ether oxygens (including phenoxy) is 1. The van der Waals surface area contributed by atoms with E-state index in [0.717, 1.165) is 39.0 Å². The number of hydrogen-bond donors (Lipinski definition) is 1. The van der Waals surface area contributed by atoms with E-state index in [4.69, 9.17) is 9.84 Å². The zero-order valence-electron chi connectivity index (χ0n) is 12.7. The van der Waals surface area contributed by atoms with Crippen LogP contribution in [0.15, 0.2) is 0 Å². The molecule has 0 bridgehead atoms. The van der Waals surface area contributed by atoms with E-state index in [9.17, 15) is 4.79 Å². The number of amides is 1. The molecule has 1 heterocycles. The summed E-state index contributed by atoms with van der Waals surface area (Å²) in [6.45, 7) is 11.5. The fourth-order valence-corrected chi connectivity index (χ4v) is 2.28. The van der Waals surface area contributed by atoms with Gasteiger partial charge in [0.15, 0.2) is 0 Å². The van der Waals surface area contributed by atoms with Crippen LogP contribution in [0.4, 0.5) is 4.79 Å². The quantitative estimate of drug-likeness (QED) is 0.791. The summed E-state index contributed by atoms with van der Waals surface area (Å²) < 4.78 is 5.42. The molecule has 0 aromatic heterocycles. The molecule has 0 aromatic carbocycles. The number of unbranched alkanes of at least 4 members (excludes halogenated alkanes) is 1. The lowest BCUT2D eigenvalue weighted by atomic mass is 10.1. The maximum absolute atomic E-state index is 12.0. The van der Waals surface area contributed by atoms with Crippen LogP contribution in [-0.4, -0.2) is 65.4 Å². The number of aliphatic hydroxyl groups is 1. The molecule has 1 aliphatic rings. The highest BCUT2D eigenvalue weighted by Gasteiger charge is 2.30. The molecular formula is C14H28N2O3. The van der Waals surface area contributed by atoms with Crippen molar-refractivity contribution in [3.05, 3.63) is 0 Å². The molecule has 1 saturated heterocycles. The van der Waals surface area contributed by atoms with Gasteiger partial charge in [-0.2, -0.15) is 0 Å². The second-order valence-electron chi connectivity index (χ2n) is 6.25. The van der Waals surface area contributed by atoms with E-state index < -0.39 is 5.60 Å². The summed E-state index contributed by atoms with van der Waals surface area (Å²) in [5.74, 6) is 0. The molecule has 0 radical (unpaired) electrons. The summed E-state index contributed by atoms with van der Waals surface area (Å²) in [5, 5.41) is 8.78. The lowest BCUT2D eigenvalue weighted by Gasteiger charge is -2.40. The van der Waals surface area contributed by atoms with Gasteiger partial charge in [-0.05, 0) is 47.1 Å². The van der Waals surface area contributed by atoms with Gasteiger partial charge in [0, 0.05) is 32.3 Å². The van der Waals surface area contributed by atoms with Gasteiger partial charge < -0.3 is 14.7 Å². The molecule has 1 aliphatic heterocycles. The predicted molar refractivity (Wildman–Crippen MR) is 75.2 cm³/mol. The van der Waals surface area contributed by atoms with Crippen LogP contribution in [-0.2, 0) is 4.74 Å². The first kappa shape index (κ1) is 16.2. The fraction of sp³-hybridized carbons (Fsp3) is 0.929. The Kier molecular flexibility index (Phi) is 6.07. The topological polar surface area (TPSA) is 53.0 Å². The first-order chi connectivity index (χ1) is 8.83. The Hall–Kier alpha value is -0.810. The molecule has 1 atom stereocenters. The third-order valence-corrected chi connectivity index (χ3v) is 3.22. The molecule has 1 N–H and O–H groups in total. The summed E-state index contributed by atoms with van der Waals surface area (Å²) in [5.41, 5.74) is -0.435. The number of nitrogens with zero attached hydrogens (tertiary/aromatic N) is 2. The number of piperazine rings is 1. The zero-order valence-corrected chi connectivity index (χ0v) is 12.7. The van der Waals surface area contributed by atoms with Gasteiger partial charge in [-0.3, -0.25) is 4.90 Å². The maximum atomic E-state index is 12.0. The Morgan fingerprint density at radius 3 is 2.53 bits per heavy atom. The second-order valence-corrected chi connectivity index (χ2v) is 6.25. The fourth-order valence-electron chi connectivity index (χ4n) is 2.28. The molecule has 1 amide bonds. The van der Waals surface area contributed by atoms with Crippen LogP contribution in [0.5, 0.6) is 0 Å². The van der Waals surface area contributed by atoms with E-state index >= 15 is 0 Å². The van der Waals surface area contributed by atoms with Crippen LogP contribution in [0.25, 0.3) is 0 Å². The van der Waals surface area contributed by atoms with Crippen molar-refractivity contribution in [1.82, 2.24) is 9.80 Å². The Labute approximate surface area is 116 Å². The predicted octanol–water partition coefficient (Wildman–Crippen LogP) is 1.70. The SMILES string of the molecule is CC1CN(CCCCO)CCN1C(=O)OC(C)(C)C. The van der Waals surface area contributed by atoms with Gasteiger partial charge in [-0.1, -0.05) is 0 Å². The van der Waals surface area contributed by atoms with Gasteiger partial charge >= 0.3 is 6.09 Å². The molecule has 19 heavy (non-hydrogen) atoms. The molecule has 5 nitrogen and oxygen atoms in total. The van der Waals surface area contributed by atoms with Crippen molar-refractivity contribution >= 4 is 6.09 Å². The minimum absolute atomic E-state index is 0.178. The second kappa shape index (κ2) is 7.10. The van der Waals surface area contributed by atoms with Gasteiger partial charge in [-0.25, -0.2) is 4.79 Å². The number of aliphatic hydroxyl groups excluding tert-OH is 1. The van der Waals surface area contributed by atoms with Crippen LogP contribution in [0.2, 0.25) is 0 Å². The first-order valence-corrected chi connectivity index (χ1v) is 7.16. The normalized spacial score (nSPS) is 21.5. The van der Waals surface area contributed by atoms with E-state index in [1.54, 1.807) is 0 Å². The van der Waals surface area contributed by atoms with Crippen LogP contribution in [0.1, 0.15) is 40.5 Å². The highest BCUT2D eigenvalue weighted by atomic mass is 16.6. The number of rotatable bonds is 4. The van der Waals surface area contributed by atoms with Crippen molar-refractivity contribution < 1.29 is 14.6 Å². The third kappa shape index (κ3) is 5.78. The largest absolute Gasteiger partial charge is 0.444 e. The van der Waals surface area contributed by atoms with Crippen molar-refractivity contribution in [2.45, 2.75) is 52.2 Å². The Morgan fingerprint density at radius 2 is 2.00 bits per heavy atom. The minimum Gasteiger partial charge on any atom is -0.444 e. The number of carbonyl (C=O) groups is 1. The monoisotopic (exact) mass is 272 g/mol. The minimum atomic E-state index is -0.435.